The number of hydrogen-bond acceptors (Lipinski definition) is 2. The van der Waals surface area contributed by atoms with E-state index in [1.54, 1.807) is 0 Å². The van der Waals surface area contributed by atoms with Crippen molar-refractivity contribution < 1.29 is 23.8 Å². The quantitative estimate of drug-likeness (QED) is 0.699. The van der Waals surface area contributed by atoms with Gasteiger partial charge in [-0.1, -0.05) is 31.6 Å². The normalized spacial score (nSPS) is 16.3. The summed E-state index contributed by atoms with van der Waals surface area (Å²) in [5, 5.41) is 0. The summed E-state index contributed by atoms with van der Waals surface area (Å²) < 4.78 is 67.1. The first-order valence-corrected chi connectivity index (χ1v) is 6.91. The van der Waals surface area contributed by atoms with Crippen molar-refractivity contribution in [2.45, 2.75) is 4.90 Å². The fourth-order valence-electron chi connectivity index (χ4n) is 1.32. The van der Waals surface area contributed by atoms with Crippen LogP contribution in [0.4, 0.5) is 19.4 Å². The smallest absolute Gasteiger partial charge is 0.310 e. The van der Waals surface area contributed by atoms with Gasteiger partial charge in [0.15, 0.2) is 0 Å². The molecule has 0 saturated carbocycles. The Morgan fingerprint density at radius 1 is 0.947 bits per heavy atom. The van der Waals surface area contributed by atoms with Crippen LogP contribution in [0.2, 0.25) is 0 Å². The second-order valence-electron chi connectivity index (χ2n) is 3.74. The molecule has 2 nitrogen and oxygen atoms in total. The molecule has 0 atom stereocenters. The highest BCUT2D eigenvalue weighted by atomic mass is 32.5. The van der Waals surface area contributed by atoms with E-state index in [0.29, 0.717) is 17.7 Å². The fraction of sp³-hybridized carbons (Fsp3) is 0. The highest BCUT2D eigenvalue weighted by Gasteiger charge is 2.65. The molecule has 0 unspecified atom stereocenters. The van der Waals surface area contributed by atoms with Gasteiger partial charge < -0.3 is 4.42 Å². The first-order valence-electron chi connectivity index (χ1n) is 4.96. The van der Waals surface area contributed by atoms with Crippen molar-refractivity contribution in [3.05, 3.63) is 48.2 Å². The summed E-state index contributed by atoms with van der Waals surface area (Å²) in [6, 6.07) is 2.62. The SMILES string of the molecule is FS(F)(F)(F)(F)c1ccc(C=Cc2ncco2)cc1. The molecule has 8 heteroatoms. The van der Waals surface area contributed by atoms with Crippen molar-refractivity contribution >= 4 is 22.4 Å². The van der Waals surface area contributed by atoms with Crippen molar-refractivity contribution in [3.8, 4) is 0 Å². The maximum atomic E-state index is 12.4. The minimum Gasteiger partial charge on any atom is -0.445 e. The Kier molecular flexibility index (Phi) is 2.57. The van der Waals surface area contributed by atoms with Gasteiger partial charge in [-0.05, 0) is 23.8 Å². The molecular weight excluding hydrogens is 289 g/mol. The summed E-state index contributed by atoms with van der Waals surface area (Å²) in [4.78, 5) is 1.85. The summed E-state index contributed by atoms with van der Waals surface area (Å²) in [6.07, 6.45) is 5.55. The van der Waals surface area contributed by atoms with Crippen LogP contribution < -0.4 is 0 Å². The van der Waals surface area contributed by atoms with Crippen LogP contribution in [0.1, 0.15) is 11.5 Å². The number of rotatable bonds is 3. The zero-order chi connectivity index (χ0) is 14.2. The van der Waals surface area contributed by atoms with Crippen molar-refractivity contribution in [3.63, 3.8) is 0 Å². The lowest BCUT2D eigenvalue weighted by atomic mass is 10.2. The van der Waals surface area contributed by atoms with Gasteiger partial charge in [0.1, 0.15) is 11.2 Å². The monoisotopic (exact) mass is 297 g/mol. The summed E-state index contributed by atoms with van der Waals surface area (Å²) in [7, 11) is -9.59. The Bertz CT molecular complexity index is 601. The van der Waals surface area contributed by atoms with Gasteiger partial charge in [0, 0.05) is 6.08 Å². The second-order valence-corrected chi connectivity index (χ2v) is 6.15. The van der Waals surface area contributed by atoms with E-state index in [1.807, 2.05) is 0 Å². The van der Waals surface area contributed by atoms with E-state index in [1.165, 1.54) is 24.6 Å². The minimum absolute atomic E-state index is 0.261. The molecule has 0 amide bonds. The van der Waals surface area contributed by atoms with Gasteiger partial charge in [-0.2, -0.15) is 0 Å². The van der Waals surface area contributed by atoms with Crippen LogP contribution in [0.5, 0.6) is 0 Å². The van der Waals surface area contributed by atoms with E-state index in [9.17, 15) is 19.4 Å². The van der Waals surface area contributed by atoms with E-state index in [4.69, 9.17) is 4.42 Å². The maximum absolute atomic E-state index is 12.4. The van der Waals surface area contributed by atoms with Gasteiger partial charge in [-0.15, -0.1) is 0 Å². The Morgan fingerprint density at radius 3 is 2.05 bits per heavy atom. The van der Waals surface area contributed by atoms with E-state index in [-0.39, 0.29) is 5.89 Å². The van der Waals surface area contributed by atoms with Crippen LogP contribution in [0.3, 0.4) is 0 Å². The molecule has 104 valence electrons. The number of hydrogen-bond donors (Lipinski definition) is 0. The van der Waals surface area contributed by atoms with Crippen LogP contribution in [0.25, 0.3) is 12.2 Å². The number of benzene rings is 1. The maximum Gasteiger partial charge on any atom is 0.310 e. The highest BCUT2D eigenvalue weighted by Crippen LogP contribution is 3.02. The molecular formula is C11H8F5NOS. The van der Waals surface area contributed by atoms with Crippen LogP contribution >= 0.6 is 10.2 Å². The average molecular weight is 297 g/mol. The topological polar surface area (TPSA) is 26.0 Å². The van der Waals surface area contributed by atoms with Gasteiger partial charge in [-0.25, -0.2) is 4.98 Å². The van der Waals surface area contributed by atoms with Gasteiger partial charge in [-0.3, -0.25) is 0 Å². The van der Waals surface area contributed by atoms with Crippen molar-refractivity contribution in [1.82, 2.24) is 4.98 Å². The molecule has 19 heavy (non-hydrogen) atoms. The molecule has 0 aliphatic rings. The zero-order valence-corrected chi connectivity index (χ0v) is 10.1. The number of halogens is 5. The molecule has 2 rings (SSSR count). The lowest BCUT2D eigenvalue weighted by molar-refractivity contribution is 0.364. The standard InChI is InChI=1S/C11H8F5NOS/c12-19(13,14,15,16)10-4-1-9(2-5-10)3-6-11-17-7-8-18-11/h1-8H. The van der Waals surface area contributed by atoms with Crippen LogP contribution in [-0.2, 0) is 0 Å². The fourth-order valence-corrected chi connectivity index (χ4v) is 1.97. The number of oxazole rings is 1. The third kappa shape index (κ3) is 3.57. The molecule has 1 aromatic heterocycles. The number of nitrogens with zero attached hydrogens (tertiary/aromatic N) is 1. The van der Waals surface area contributed by atoms with E-state index >= 15 is 0 Å². The molecule has 0 radical (unpaired) electrons. The summed E-state index contributed by atoms with van der Waals surface area (Å²) in [6.45, 7) is 0. The van der Waals surface area contributed by atoms with Crippen molar-refractivity contribution in [2.75, 3.05) is 0 Å². The highest BCUT2D eigenvalue weighted by molar-refractivity contribution is 8.45. The van der Waals surface area contributed by atoms with E-state index in [0.717, 1.165) is 12.1 Å². The van der Waals surface area contributed by atoms with Crippen LogP contribution in [0, 0.1) is 0 Å². The van der Waals surface area contributed by atoms with Crippen molar-refractivity contribution in [1.29, 1.82) is 0 Å². The lowest BCUT2D eigenvalue weighted by Gasteiger charge is -2.40. The molecule has 0 N–H and O–H groups in total. The third-order valence-corrected chi connectivity index (χ3v) is 3.36. The predicted molar refractivity (Wildman–Crippen MR) is 63.3 cm³/mol. The Morgan fingerprint density at radius 2 is 1.58 bits per heavy atom. The average Bonchev–Trinajstić information content (AvgIpc) is 2.76. The molecule has 0 saturated heterocycles. The molecule has 0 fully saturated rings. The largest absolute Gasteiger partial charge is 0.445 e. The lowest BCUT2D eigenvalue weighted by Crippen LogP contribution is -2.05. The predicted octanol–water partition coefficient (Wildman–Crippen LogP) is 5.50. The van der Waals surface area contributed by atoms with Crippen LogP contribution in [-0.4, -0.2) is 4.98 Å². The second kappa shape index (κ2) is 3.60. The van der Waals surface area contributed by atoms with Gasteiger partial charge in [0.2, 0.25) is 5.89 Å². The Balaban J connectivity index is 2.26. The first-order chi connectivity index (χ1) is 8.54. The molecule has 1 aromatic carbocycles. The van der Waals surface area contributed by atoms with Crippen molar-refractivity contribution in [2.24, 2.45) is 0 Å². The summed E-state index contributed by atoms with van der Waals surface area (Å²) in [5.74, 6) is 0.261. The molecule has 0 spiro atoms. The zero-order valence-electron chi connectivity index (χ0n) is 9.27. The third-order valence-electron chi connectivity index (χ3n) is 2.20. The van der Waals surface area contributed by atoms with Gasteiger partial charge >= 0.3 is 10.2 Å². The van der Waals surface area contributed by atoms with Gasteiger partial charge in [0.05, 0.1) is 6.20 Å². The van der Waals surface area contributed by atoms with Crippen LogP contribution in [0.15, 0.2) is 46.0 Å². The molecule has 2 aromatic rings. The Hall–Kier alpha value is -1.83. The summed E-state index contributed by atoms with van der Waals surface area (Å²) in [5.41, 5.74) is 0.323. The Labute approximate surface area is 105 Å². The minimum atomic E-state index is -9.59. The van der Waals surface area contributed by atoms with Gasteiger partial charge in [0.25, 0.3) is 0 Å². The van der Waals surface area contributed by atoms with E-state index < -0.39 is 15.1 Å². The molecule has 1 heterocycles. The first kappa shape index (κ1) is 13.6. The molecule has 0 aliphatic carbocycles. The molecule has 0 aliphatic heterocycles. The van der Waals surface area contributed by atoms with E-state index in [2.05, 4.69) is 4.98 Å². The molecule has 0 bridgehead atoms. The number of aromatic nitrogens is 1. The summed E-state index contributed by atoms with van der Waals surface area (Å²) >= 11 is 0.